The van der Waals surface area contributed by atoms with E-state index in [4.69, 9.17) is 8.83 Å². The number of nitrogens with zero attached hydrogens (tertiary/aromatic N) is 2. The van der Waals surface area contributed by atoms with Crippen LogP contribution < -0.4 is 0 Å². The summed E-state index contributed by atoms with van der Waals surface area (Å²) < 4.78 is 17.8. The Kier molecular flexibility index (Phi) is 8.68. The molecule has 0 unspecified atom stereocenters. The lowest BCUT2D eigenvalue weighted by Gasteiger charge is -2.18. The van der Waals surface area contributed by atoms with E-state index in [0.717, 1.165) is 71.5 Å². The molecule has 4 nitrogen and oxygen atoms in total. The van der Waals surface area contributed by atoms with Crippen LogP contribution in [0.2, 0.25) is 0 Å². The van der Waals surface area contributed by atoms with Crippen molar-refractivity contribution in [2.75, 3.05) is 0 Å². The number of hydrogen-bond acceptors (Lipinski definition) is 2. The van der Waals surface area contributed by atoms with E-state index in [9.17, 15) is 0 Å². The fraction of sp³-hybridized carbons (Fsp3) is 0.0169. The summed E-state index contributed by atoms with van der Waals surface area (Å²) in [4.78, 5) is 0. The number of benzene rings is 6. The van der Waals surface area contributed by atoms with Gasteiger partial charge in [0.05, 0.1) is 22.1 Å². The lowest BCUT2D eigenvalue weighted by atomic mass is 10.00. The Labute approximate surface area is 363 Å². The third-order valence-electron chi connectivity index (χ3n) is 12.4. The quantitative estimate of drug-likeness (QED) is 0.178. The van der Waals surface area contributed by atoms with Crippen LogP contribution in [0.15, 0.2) is 239 Å². The van der Waals surface area contributed by atoms with Crippen LogP contribution >= 0.6 is 0 Å². The molecule has 0 N–H and O–H groups in total. The van der Waals surface area contributed by atoms with Gasteiger partial charge in [-0.2, -0.15) is 0 Å². The zero-order chi connectivity index (χ0) is 41.9. The minimum atomic E-state index is 0.777. The molecular weight excluding hydrogens is 769 g/mol. The molecule has 7 aromatic carbocycles. The number of aromatic nitrogens is 2. The van der Waals surface area contributed by atoms with Gasteiger partial charge >= 0.3 is 0 Å². The van der Waals surface area contributed by atoms with Crippen LogP contribution in [-0.4, -0.2) is 9.13 Å². The monoisotopic (exact) mass is 808 g/mol. The summed E-state index contributed by atoms with van der Waals surface area (Å²) in [6, 6.07) is 74.7. The molecule has 4 aromatic heterocycles. The Hall–Kier alpha value is -8.34. The minimum Gasteiger partial charge on any atom is -0.456 e. The predicted molar refractivity (Wildman–Crippen MR) is 265 cm³/mol. The Bertz CT molecular complexity index is 3930. The maximum absolute atomic E-state index is 6.57. The van der Waals surface area contributed by atoms with Gasteiger partial charge in [-0.25, -0.2) is 0 Å². The summed E-state index contributed by atoms with van der Waals surface area (Å²) in [5.41, 5.74) is 13.9. The number of furan rings is 2. The van der Waals surface area contributed by atoms with Crippen LogP contribution in [0.4, 0.5) is 0 Å². The lowest BCUT2D eigenvalue weighted by molar-refractivity contribution is 0.656. The van der Waals surface area contributed by atoms with E-state index in [1.165, 1.54) is 44.0 Å². The van der Waals surface area contributed by atoms with Crippen molar-refractivity contribution in [3.8, 4) is 16.8 Å². The van der Waals surface area contributed by atoms with Gasteiger partial charge in [-0.05, 0) is 96.4 Å². The normalized spacial score (nSPS) is 12.4. The summed E-state index contributed by atoms with van der Waals surface area (Å²) in [6.07, 6.45) is 4.38. The SMILES string of the molecule is CC1=CC=C1n1c2ccccc2c2cc(-c3ccc4oc5cc6oc7cccccccccc8c(cccccc7c6cc5c4c3)c3ccccc3n8-c3ccccc3)ccc21. The largest absolute Gasteiger partial charge is 0.456 e. The van der Waals surface area contributed by atoms with Gasteiger partial charge in [-0.3, -0.25) is 0 Å². The number of fused-ring (bicyclic) bond motifs is 12. The van der Waals surface area contributed by atoms with E-state index >= 15 is 0 Å². The maximum atomic E-state index is 6.57. The van der Waals surface area contributed by atoms with Crippen molar-refractivity contribution in [2.45, 2.75) is 6.92 Å². The summed E-state index contributed by atoms with van der Waals surface area (Å²) in [5.74, 6) is 0. The van der Waals surface area contributed by atoms with Crippen LogP contribution in [0, 0.1) is 0 Å². The molecule has 0 fully saturated rings. The highest BCUT2D eigenvalue weighted by molar-refractivity contribution is 6.16. The molecule has 11 aromatic rings. The average molecular weight is 809 g/mol. The van der Waals surface area contributed by atoms with Crippen LogP contribution in [-0.2, 0) is 0 Å². The van der Waals surface area contributed by atoms with Crippen LogP contribution in [0.1, 0.15) is 6.92 Å². The minimum absolute atomic E-state index is 0.777. The van der Waals surface area contributed by atoms with E-state index in [2.05, 4.69) is 198 Å². The van der Waals surface area contributed by atoms with Crippen molar-refractivity contribution in [1.82, 2.24) is 9.13 Å². The Morgan fingerprint density at radius 1 is 0.302 bits per heavy atom. The molecule has 0 saturated carbocycles. The van der Waals surface area contributed by atoms with Gasteiger partial charge in [0.15, 0.2) is 0 Å². The fourth-order valence-corrected chi connectivity index (χ4v) is 9.33. The second-order valence-electron chi connectivity index (χ2n) is 16.1. The Balaban J connectivity index is 1.01. The van der Waals surface area contributed by atoms with Gasteiger partial charge in [0, 0.05) is 60.5 Å². The molecule has 63 heavy (non-hydrogen) atoms. The first-order valence-electron chi connectivity index (χ1n) is 21.4. The number of allylic oxidation sites excluding steroid dienone is 4. The van der Waals surface area contributed by atoms with E-state index in [0.29, 0.717) is 0 Å². The van der Waals surface area contributed by atoms with Gasteiger partial charge in [-0.15, -0.1) is 0 Å². The van der Waals surface area contributed by atoms with Gasteiger partial charge in [0.25, 0.3) is 0 Å². The second kappa shape index (κ2) is 15.0. The third-order valence-corrected chi connectivity index (χ3v) is 12.4. The zero-order valence-corrected chi connectivity index (χ0v) is 34.6. The first kappa shape index (κ1) is 36.5. The van der Waals surface area contributed by atoms with Crippen LogP contribution in [0.3, 0.4) is 0 Å². The summed E-state index contributed by atoms with van der Waals surface area (Å²) in [5, 5.41) is 9.01. The molecule has 0 radical (unpaired) electrons. The standard InChI is InChI=1S/C59H40N2O2/c1-39-29-32-51(39)61-54-27-18-16-23-45(54)47-35-40(30-33-55(47)61)41-31-34-57-48(36-41)50-37-49-46-24-12-8-11-21-43-44-22-15-17-26-53(44)60(42-19-9-7-10-20-42)52(43)25-13-5-3-2-4-6-14-28-56(46)62-58(49)38-59(50)63-57/h2-38H,1H3. The van der Waals surface area contributed by atoms with E-state index in [-0.39, 0.29) is 0 Å². The van der Waals surface area contributed by atoms with E-state index in [1.807, 2.05) is 42.5 Å². The van der Waals surface area contributed by atoms with E-state index < -0.39 is 0 Å². The molecule has 0 atom stereocenters. The molecular formula is C59H40N2O2. The molecule has 1 aliphatic carbocycles. The Morgan fingerprint density at radius 2 is 0.746 bits per heavy atom. The molecule has 0 bridgehead atoms. The van der Waals surface area contributed by atoms with Gasteiger partial charge in [-0.1, -0.05) is 146 Å². The summed E-state index contributed by atoms with van der Waals surface area (Å²) in [6.45, 7) is 2.18. The third kappa shape index (κ3) is 6.14. The second-order valence-corrected chi connectivity index (χ2v) is 16.1. The van der Waals surface area contributed by atoms with Gasteiger partial charge in [0.2, 0.25) is 0 Å². The summed E-state index contributed by atoms with van der Waals surface area (Å²) >= 11 is 0. The van der Waals surface area contributed by atoms with Crippen molar-refractivity contribution < 1.29 is 8.83 Å². The Morgan fingerprint density at radius 3 is 1.40 bits per heavy atom. The smallest absolute Gasteiger partial charge is 0.139 e. The highest BCUT2D eigenvalue weighted by atomic mass is 16.3. The number of para-hydroxylation sites is 3. The van der Waals surface area contributed by atoms with Crippen molar-refractivity contribution in [3.05, 3.63) is 230 Å². The molecule has 0 spiro atoms. The molecule has 0 amide bonds. The molecule has 298 valence electrons. The molecule has 0 aliphatic heterocycles. The van der Waals surface area contributed by atoms with Gasteiger partial charge < -0.3 is 18.0 Å². The van der Waals surface area contributed by atoms with E-state index in [1.54, 1.807) is 0 Å². The average Bonchev–Trinajstić information content (AvgIpc) is 4.04. The highest BCUT2D eigenvalue weighted by Crippen LogP contribution is 2.41. The van der Waals surface area contributed by atoms with Crippen molar-refractivity contribution in [3.63, 3.8) is 0 Å². The van der Waals surface area contributed by atoms with Crippen LogP contribution in [0.25, 0.3) is 110 Å². The van der Waals surface area contributed by atoms with Crippen LogP contribution in [0.5, 0.6) is 0 Å². The zero-order valence-electron chi connectivity index (χ0n) is 34.6. The molecule has 1 aliphatic rings. The van der Waals surface area contributed by atoms with Gasteiger partial charge in [0.1, 0.15) is 22.3 Å². The summed E-state index contributed by atoms with van der Waals surface area (Å²) in [7, 11) is 0. The number of hydrogen-bond donors (Lipinski definition) is 0. The maximum Gasteiger partial charge on any atom is 0.139 e. The molecule has 0 saturated heterocycles. The van der Waals surface area contributed by atoms with Crippen molar-refractivity contribution >= 4 is 93.2 Å². The van der Waals surface area contributed by atoms with Crippen molar-refractivity contribution in [2.24, 2.45) is 0 Å². The van der Waals surface area contributed by atoms with Crippen molar-refractivity contribution in [1.29, 1.82) is 0 Å². The number of rotatable bonds is 3. The molecule has 4 heteroatoms. The molecule has 4 heterocycles. The first-order chi connectivity index (χ1) is 31.2. The highest BCUT2D eigenvalue weighted by Gasteiger charge is 2.19. The topological polar surface area (TPSA) is 36.1 Å². The predicted octanol–water partition coefficient (Wildman–Crippen LogP) is 16.5. The lowest BCUT2D eigenvalue weighted by Crippen LogP contribution is -2.02. The fourth-order valence-electron chi connectivity index (χ4n) is 9.33. The molecule has 12 rings (SSSR count). The first-order valence-corrected chi connectivity index (χ1v) is 21.4.